The highest BCUT2D eigenvalue weighted by atomic mass is 79.9. The van der Waals surface area contributed by atoms with Crippen LogP contribution in [-0.2, 0) is 6.54 Å². The number of nitrogens with two attached hydrogens (primary N) is 1. The normalized spacial score (nSPS) is 14.1. The zero-order valence-electron chi connectivity index (χ0n) is 8.55. The van der Waals surface area contributed by atoms with E-state index in [0.717, 1.165) is 0 Å². The van der Waals surface area contributed by atoms with Crippen LogP contribution in [0.4, 0.5) is 13.2 Å². The Morgan fingerprint density at radius 2 is 2.25 bits per heavy atom. The molecule has 1 heterocycles. The molecular formula is C8H12BrF3N4. The van der Waals surface area contributed by atoms with Crippen LogP contribution in [0.1, 0.15) is 25.1 Å². The van der Waals surface area contributed by atoms with Gasteiger partial charge in [-0.2, -0.15) is 18.3 Å². The third-order valence-electron chi connectivity index (χ3n) is 2.04. The maximum Gasteiger partial charge on any atom is 0.410 e. The van der Waals surface area contributed by atoms with E-state index in [4.69, 9.17) is 5.84 Å². The van der Waals surface area contributed by atoms with E-state index in [-0.39, 0.29) is 5.69 Å². The van der Waals surface area contributed by atoms with Crippen molar-refractivity contribution in [2.24, 2.45) is 5.84 Å². The Kier molecular flexibility index (Phi) is 4.34. The molecular weight excluding hydrogens is 289 g/mol. The number of nitrogens with zero attached hydrogens (tertiary/aromatic N) is 2. The molecule has 0 aromatic carbocycles. The van der Waals surface area contributed by atoms with E-state index in [1.807, 2.05) is 6.92 Å². The minimum atomic E-state index is -4.46. The Balaban J connectivity index is 3.13. The summed E-state index contributed by atoms with van der Waals surface area (Å²) in [7, 11) is 0. The van der Waals surface area contributed by atoms with Crippen molar-refractivity contribution in [2.75, 3.05) is 0 Å². The molecule has 0 aliphatic heterocycles. The highest BCUT2D eigenvalue weighted by Gasteiger charge is 2.43. The van der Waals surface area contributed by atoms with E-state index in [1.165, 1.54) is 10.9 Å². The number of rotatable bonds is 4. The fraction of sp³-hybridized carbons (Fsp3) is 0.625. The summed E-state index contributed by atoms with van der Waals surface area (Å²) in [6, 6.07) is -1.92. The Morgan fingerprint density at radius 3 is 2.69 bits per heavy atom. The lowest BCUT2D eigenvalue weighted by Crippen LogP contribution is -2.40. The zero-order chi connectivity index (χ0) is 12.3. The molecule has 0 aliphatic rings. The van der Waals surface area contributed by atoms with Gasteiger partial charge in [0.2, 0.25) is 0 Å². The molecule has 8 heteroatoms. The number of aromatic nitrogens is 2. The number of hydrazine groups is 1. The number of aryl methyl sites for hydroxylation is 1. The van der Waals surface area contributed by atoms with Gasteiger partial charge in [-0.3, -0.25) is 10.5 Å². The lowest BCUT2D eigenvalue weighted by Gasteiger charge is -2.20. The molecule has 0 spiro atoms. The fourth-order valence-electron chi connectivity index (χ4n) is 1.38. The predicted octanol–water partition coefficient (Wildman–Crippen LogP) is 2.12. The minimum Gasteiger partial charge on any atom is -0.271 e. The Bertz CT molecular complexity index is 350. The van der Waals surface area contributed by atoms with E-state index in [0.29, 0.717) is 17.4 Å². The highest BCUT2D eigenvalue weighted by molar-refractivity contribution is 9.10. The molecule has 0 amide bonds. The maximum atomic E-state index is 12.7. The van der Waals surface area contributed by atoms with E-state index in [9.17, 15) is 13.2 Å². The number of alkyl halides is 3. The number of hydrogen-bond donors (Lipinski definition) is 2. The molecule has 4 nitrogen and oxygen atoms in total. The lowest BCUT2D eigenvalue weighted by atomic mass is 10.2. The second kappa shape index (κ2) is 5.15. The van der Waals surface area contributed by atoms with E-state index in [2.05, 4.69) is 21.0 Å². The van der Waals surface area contributed by atoms with Crippen molar-refractivity contribution in [1.82, 2.24) is 15.2 Å². The quantitative estimate of drug-likeness (QED) is 0.661. The molecule has 0 aliphatic carbocycles. The molecule has 92 valence electrons. The molecule has 0 saturated heterocycles. The monoisotopic (exact) mass is 300 g/mol. The molecule has 1 atom stereocenters. The Labute approximate surface area is 99.1 Å². The molecule has 0 bridgehead atoms. The summed E-state index contributed by atoms with van der Waals surface area (Å²) in [6.07, 6.45) is -2.43. The molecule has 1 unspecified atom stereocenters. The second-order valence-corrected chi connectivity index (χ2v) is 4.10. The number of halogens is 4. The van der Waals surface area contributed by atoms with Crippen LogP contribution in [0, 0.1) is 0 Å². The summed E-state index contributed by atoms with van der Waals surface area (Å²) < 4.78 is 39.6. The van der Waals surface area contributed by atoms with Crippen LogP contribution in [0.2, 0.25) is 0 Å². The van der Waals surface area contributed by atoms with Crippen LogP contribution in [0.3, 0.4) is 0 Å². The molecule has 1 aromatic rings. The average Bonchev–Trinajstić information content (AvgIpc) is 2.49. The second-order valence-electron chi connectivity index (χ2n) is 3.24. The Morgan fingerprint density at radius 1 is 1.62 bits per heavy atom. The first-order valence-corrected chi connectivity index (χ1v) is 5.45. The van der Waals surface area contributed by atoms with Crippen LogP contribution < -0.4 is 11.3 Å². The largest absolute Gasteiger partial charge is 0.410 e. The smallest absolute Gasteiger partial charge is 0.271 e. The van der Waals surface area contributed by atoms with Crippen LogP contribution >= 0.6 is 15.9 Å². The third-order valence-corrected chi connectivity index (χ3v) is 2.65. The summed E-state index contributed by atoms with van der Waals surface area (Å²) >= 11 is 3.04. The van der Waals surface area contributed by atoms with Crippen molar-refractivity contribution in [2.45, 2.75) is 32.1 Å². The average molecular weight is 301 g/mol. The predicted molar refractivity (Wildman–Crippen MR) is 56.3 cm³/mol. The zero-order valence-corrected chi connectivity index (χ0v) is 10.1. The van der Waals surface area contributed by atoms with E-state index in [1.54, 1.807) is 5.43 Å². The third kappa shape index (κ3) is 2.74. The van der Waals surface area contributed by atoms with Crippen LogP contribution in [0.25, 0.3) is 0 Å². The number of hydrogen-bond acceptors (Lipinski definition) is 3. The first-order chi connectivity index (χ1) is 7.41. The number of nitrogens with one attached hydrogen (secondary N) is 1. The molecule has 1 rings (SSSR count). The van der Waals surface area contributed by atoms with Gasteiger partial charge in [0.1, 0.15) is 0 Å². The Hall–Kier alpha value is -0.600. The first kappa shape index (κ1) is 13.5. The fourth-order valence-corrected chi connectivity index (χ4v) is 1.90. The standard InChI is InChI=1S/C8H12BrF3N4/c1-2-3-16-6(5(9)4-14-16)7(15-13)8(10,11)12/h4,7,15H,2-3,13H2,1H3. The van der Waals surface area contributed by atoms with Gasteiger partial charge in [-0.15, -0.1) is 0 Å². The van der Waals surface area contributed by atoms with Gasteiger partial charge in [-0.1, -0.05) is 6.92 Å². The van der Waals surface area contributed by atoms with Gasteiger partial charge in [-0.05, 0) is 22.4 Å². The summed E-state index contributed by atoms with van der Waals surface area (Å²) in [5, 5.41) is 3.86. The van der Waals surface area contributed by atoms with Crippen molar-refractivity contribution >= 4 is 15.9 Å². The van der Waals surface area contributed by atoms with Gasteiger partial charge in [0, 0.05) is 6.54 Å². The summed E-state index contributed by atoms with van der Waals surface area (Å²) in [4.78, 5) is 0. The van der Waals surface area contributed by atoms with Crippen molar-refractivity contribution in [3.8, 4) is 0 Å². The summed E-state index contributed by atoms with van der Waals surface area (Å²) in [6.45, 7) is 2.27. The van der Waals surface area contributed by atoms with Gasteiger partial charge in [0.05, 0.1) is 16.4 Å². The molecule has 0 fully saturated rings. The minimum absolute atomic E-state index is 0.00292. The van der Waals surface area contributed by atoms with E-state index < -0.39 is 12.2 Å². The summed E-state index contributed by atoms with van der Waals surface area (Å²) in [5.74, 6) is 4.95. The van der Waals surface area contributed by atoms with Crippen molar-refractivity contribution in [3.63, 3.8) is 0 Å². The lowest BCUT2D eigenvalue weighted by molar-refractivity contribution is -0.159. The molecule has 0 saturated carbocycles. The van der Waals surface area contributed by atoms with Gasteiger partial charge >= 0.3 is 6.18 Å². The molecule has 16 heavy (non-hydrogen) atoms. The van der Waals surface area contributed by atoms with Crippen molar-refractivity contribution in [1.29, 1.82) is 0 Å². The van der Waals surface area contributed by atoms with Gasteiger partial charge in [0.15, 0.2) is 6.04 Å². The van der Waals surface area contributed by atoms with Gasteiger partial charge in [-0.25, -0.2) is 5.43 Å². The molecule has 1 aromatic heterocycles. The topological polar surface area (TPSA) is 55.9 Å². The molecule has 0 radical (unpaired) electrons. The first-order valence-electron chi connectivity index (χ1n) is 4.65. The van der Waals surface area contributed by atoms with Crippen LogP contribution in [0.15, 0.2) is 10.7 Å². The van der Waals surface area contributed by atoms with Crippen LogP contribution in [0.5, 0.6) is 0 Å². The molecule has 3 N–H and O–H groups in total. The maximum absolute atomic E-state index is 12.7. The summed E-state index contributed by atoms with van der Waals surface area (Å²) in [5.41, 5.74) is 1.77. The highest BCUT2D eigenvalue weighted by Crippen LogP contribution is 2.35. The van der Waals surface area contributed by atoms with Crippen molar-refractivity contribution < 1.29 is 13.2 Å². The van der Waals surface area contributed by atoms with Gasteiger partial charge in [0.25, 0.3) is 0 Å². The SMILES string of the molecule is CCCn1ncc(Br)c1C(NN)C(F)(F)F. The van der Waals surface area contributed by atoms with Gasteiger partial charge < -0.3 is 0 Å². The van der Waals surface area contributed by atoms with Crippen LogP contribution in [-0.4, -0.2) is 16.0 Å². The van der Waals surface area contributed by atoms with E-state index >= 15 is 0 Å². The van der Waals surface area contributed by atoms with Crippen molar-refractivity contribution in [3.05, 3.63) is 16.4 Å².